The highest BCUT2D eigenvalue weighted by Crippen LogP contribution is 2.36. The largest absolute Gasteiger partial charge is 0.469 e. The maximum atomic E-state index is 13.4. The Balaban J connectivity index is 1.23. The predicted molar refractivity (Wildman–Crippen MR) is 127 cm³/mol. The molecule has 3 aromatic heterocycles. The zero-order valence-electron chi connectivity index (χ0n) is 20.3. The fraction of sp³-hybridized carbons (Fsp3) is 0.478. The molecule has 12 nitrogen and oxygen atoms in total. The first-order chi connectivity index (χ1) is 18.2. The van der Waals surface area contributed by atoms with Gasteiger partial charge in [0, 0.05) is 37.1 Å². The molecule has 4 heterocycles. The number of aryl methyl sites for hydroxylation is 1. The summed E-state index contributed by atoms with van der Waals surface area (Å²) in [5.41, 5.74) is 0.288. The van der Waals surface area contributed by atoms with Gasteiger partial charge < -0.3 is 19.9 Å². The molecule has 0 unspecified atom stereocenters. The van der Waals surface area contributed by atoms with Crippen LogP contribution in [0.1, 0.15) is 31.2 Å². The third kappa shape index (κ3) is 5.61. The van der Waals surface area contributed by atoms with Crippen LogP contribution < -0.4 is 15.0 Å². The van der Waals surface area contributed by atoms with Crippen LogP contribution in [0.25, 0.3) is 11.3 Å². The van der Waals surface area contributed by atoms with E-state index in [9.17, 15) is 23.1 Å². The predicted octanol–water partition coefficient (Wildman–Crippen LogP) is 3.37. The number of aromatic nitrogens is 6. The van der Waals surface area contributed by atoms with E-state index in [0.29, 0.717) is 37.6 Å². The molecule has 0 bridgehead atoms. The van der Waals surface area contributed by atoms with E-state index in [0.717, 1.165) is 5.56 Å². The number of carbonyl (C=O) groups is 1. The second kappa shape index (κ2) is 10.4. The van der Waals surface area contributed by atoms with Crippen LogP contribution in [0, 0.1) is 0 Å². The average molecular weight is 534 g/mol. The van der Waals surface area contributed by atoms with Crippen LogP contribution in [0.4, 0.5) is 29.7 Å². The summed E-state index contributed by atoms with van der Waals surface area (Å²) in [7, 11) is 1.78. The van der Waals surface area contributed by atoms with Crippen LogP contribution in [-0.2, 0) is 18.0 Å². The third-order valence-electron chi connectivity index (χ3n) is 6.43. The van der Waals surface area contributed by atoms with Gasteiger partial charge in [-0.1, -0.05) is 0 Å². The Labute approximate surface area is 214 Å². The van der Waals surface area contributed by atoms with E-state index in [1.807, 2.05) is 0 Å². The van der Waals surface area contributed by atoms with E-state index in [1.54, 1.807) is 24.1 Å². The summed E-state index contributed by atoms with van der Waals surface area (Å²) in [6.07, 6.45) is 2.87. The van der Waals surface area contributed by atoms with Crippen molar-refractivity contribution < 1.29 is 32.5 Å². The van der Waals surface area contributed by atoms with Gasteiger partial charge in [-0.15, -0.1) is 0 Å². The minimum absolute atomic E-state index is 0.0173. The van der Waals surface area contributed by atoms with Gasteiger partial charge in [0.05, 0.1) is 37.5 Å². The number of carboxylic acid groups (broad SMARTS) is 1. The second-order valence-electron chi connectivity index (χ2n) is 9.15. The Morgan fingerprint density at radius 3 is 2.45 bits per heavy atom. The summed E-state index contributed by atoms with van der Waals surface area (Å²) in [5.74, 6) is -0.305. The fourth-order valence-electron chi connectivity index (χ4n) is 4.41. The number of nitrogens with one attached hydrogen (secondary N) is 1. The Hall–Kier alpha value is -4.01. The van der Waals surface area contributed by atoms with Gasteiger partial charge in [-0.2, -0.15) is 23.3 Å². The molecule has 202 valence electrons. The van der Waals surface area contributed by atoms with Crippen LogP contribution in [0.5, 0.6) is 5.88 Å². The summed E-state index contributed by atoms with van der Waals surface area (Å²) in [6, 6.07) is -0.493. The molecule has 0 atom stereocenters. The molecular weight excluding hydrogens is 509 g/mol. The average Bonchev–Trinajstić information content (AvgIpc) is 3.28. The highest BCUT2D eigenvalue weighted by Gasteiger charge is 2.38. The first kappa shape index (κ1) is 25.6. The zero-order chi connectivity index (χ0) is 26.9. The van der Waals surface area contributed by atoms with E-state index in [2.05, 4.69) is 30.4 Å². The maximum Gasteiger partial charge on any atom is 0.423 e. The van der Waals surface area contributed by atoms with Crippen LogP contribution in [0.15, 0.2) is 31.0 Å². The van der Waals surface area contributed by atoms with Gasteiger partial charge in [-0.3, -0.25) is 14.6 Å². The summed E-state index contributed by atoms with van der Waals surface area (Å²) in [6.45, 7) is 0.398. The highest BCUT2D eigenvalue weighted by molar-refractivity contribution is 5.85. The Morgan fingerprint density at radius 1 is 1.13 bits per heavy atom. The number of hydrogen-bond donors (Lipinski definition) is 2. The first-order valence-corrected chi connectivity index (χ1v) is 12.0. The zero-order valence-corrected chi connectivity index (χ0v) is 20.3. The lowest BCUT2D eigenvalue weighted by atomic mass is 9.90. The van der Waals surface area contributed by atoms with Gasteiger partial charge in [-0.25, -0.2) is 14.8 Å². The highest BCUT2D eigenvalue weighted by atomic mass is 19.4. The molecule has 0 spiro atoms. The topological polar surface area (TPSA) is 140 Å². The molecule has 0 radical (unpaired) electrons. The molecule has 38 heavy (non-hydrogen) atoms. The van der Waals surface area contributed by atoms with Gasteiger partial charge in [0.25, 0.3) is 0 Å². The third-order valence-corrected chi connectivity index (χ3v) is 6.43. The SMILES string of the molecule is Cn1cc(-c2cnc(N(C(=O)O)[C@H]3CC[C@H](Nc4ncc(C(F)(F)F)c(OC5COC5)n4)CC3)cn2)cn1. The van der Waals surface area contributed by atoms with Crippen LogP contribution in [0.3, 0.4) is 0 Å². The smallest absolute Gasteiger partial charge is 0.423 e. The van der Waals surface area contributed by atoms with Crippen LogP contribution >= 0.6 is 0 Å². The van der Waals surface area contributed by atoms with Crippen molar-refractivity contribution >= 4 is 17.9 Å². The molecule has 5 rings (SSSR count). The minimum Gasteiger partial charge on any atom is -0.469 e. The fourth-order valence-corrected chi connectivity index (χ4v) is 4.41. The number of anilines is 2. The standard InChI is InChI=1S/C23H25F3N8O4/c1-33-10-13(6-30-33)18-8-28-19(9-27-18)34(22(35)36)15-4-2-14(3-5-15)31-21-29-7-17(23(24,25)26)20(32-21)38-16-11-37-12-16/h6-10,14-16H,2-5,11-12H2,1H3,(H,35,36)(H,29,31,32)/t14-,15-. The summed E-state index contributed by atoms with van der Waals surface area (Å²) in [4.78, 5) is 29.8. The van der Waals surface area contributed by atoms with Gasteiger partial charge in [0.1, 0.15) is 11.7 Å². The van der Waals surface area contributed by atoms with Crippen molar-refractivity contribution in [1.82, 2.24) is 29.7 Å². The number of rotatable bonds is 7. The molecule has 2 fully saturated rings. The Kier molecular flexibility index (Phi) is 7.01. The number of ether oxygens (including phenoxy) is 2. The van der Waals surface area contributed by atoms with Crippen molar-refractivity contribution in [2.75, 3.05) is 23.4 Å². The molecule has 2 N–H and O–H groups in total. The summed E-state index contributed by atoms with van der Waals surface area (Å²) >= 11 is 0. The van der Waals surface area contributed by atoms with E-state index in [-0.39, 0.29) is 37.1 Å². The van der Waals surface area contributed by atoms with Crippen molar-refractivity contribution in [3.05, 3.63) is 36.5 Å². The van der Waals surface area contributed by atoms with E-state index < -0.39 is 29.8 Å². The van der Waals surface area contributed by atoms with E-state index >= 15 is 0 Å². The number of alkyl halides is 3. The normalized spacial score (nSPS) is 20.0. The Bertz CT molecular complexity index is 1270. The van der Waals surface area contributed by atoms with Gasteiger partial charge in [0.2, 0.25) is 11.8 Å². The number of amides is 1. The second-order valence-corrected chi connectivity index (χ2v) is 9.15. The molecule has 3 aromatic rings. The number of halogens is 3. The molecule has 0 aromatic carbocycles. The lowest BCUT2D eigenvalue weighted by molar-refractivity contribution is -0.142. The molecule has 1 saturated carbocycles. The van der Waals surface area contributed by atoms with Crippen molar-refractivity contribution in [2.45, 2.75) is 50.0 Å². The molecule has 1 saturated heterocycles. The first-order valence-electron chi connectivity index (χ1n) is 12.0. The van der Waals surface area contributed by atoms with Gasteiger partial charge in [-0.05, 0) is 25.7 Å². The van der Waals surface area contributed by atoms with Crippen molar-refractivity contribution in [2.24, 2.45) is 7.05 Å². The van der Waals surface area contributed by atoms with Gasteiger partial charge in [0.15, 0.2) is 5.82 Å². The summed E-state index contributed by atoms with van der Waals surface area (Å²) < 4.78 is 52.1. The lowest BCUT2D eigenvalue weighted by Gasteiger charge is -2.34. The van der Waals surface area contributed by atoms with E-state index in [4.69, 9.17) is 9.47 Å². The molecule has 1 aliphatic carbocycles. The van der Waals surface area contributed by atoms with Crippen LogP contribution in [0.2, 0.25) is 0 Å². The maximum absolute atomic E-state index is 13.4. The summed E-state index contributed by atoms with van der Waals surface area (Å²) in [5, 5.41) is 17.0. The molecule has 1 amide bonds. The van der Waals surface area contributed by atoms with Gasteiger partial charge >= 0.3 is 12.3 Å². The molecule has 15 heteroatoms. The quantitative estimate of drug-likeness (QED) is 0.464. The Morgan fingerprint density at radius 2 is 1.89 bits per heavy atom. The number of nitrogens with zero attached hydrogens (tertiary/aromatic N) is 7. The molecule has 1 aliphatic heterocycles. The minimum atomic E-state index is -4.66. The molecular formula is C23H25F3N8O4. The van der Waals surface area contributed by atoms with Crippen LogP contribution in [-0.4, -0.2) is 72.3 Å². The monoisotopic (exact) mass is 534 g/mol. The number of hydrogen-bond acceptors (Lipinski definition) is 9. The lowest BCUT2D eigenvalue weighted by Crippen LogP contribution is -2.44. The van der Waals surface area contributed by atoms with E-state index in [1.165, 1.54) is 17.3 Å². The van der Waals surface area contributed by atoms with Crippen molar-refractivity contribution in [1.29, 1.82) is 0 Å². The molecule has 2 aliphatic rings. The van der Waals surface area contributed by atoms with Crippen molar-refractivity contribution in [3.63, 3.8) is 0 Å². The van der Waals surface area contributed by atoms with Crippen molar-refractivity contribution in [3.8, 4) is 17.1 Å².